The normalized spacial score (nSPS) is 10.4. The number of carbonyl (C=O) groups excluding carboxylic acids is 1. The van der Waals surface area contributed by atoms with Crippen molar-refractivity contribution in [2.45, 2.75) is 17.6 Å². The van der Waals surface area contributed by atoms with Crippen molar-refractivity contribution in [3.8, 4) is 5.75 Å². The van der Waals surface area contributed by atoms with Gasteiger partial charge in [-0.2, -0.15) is 0 Å². The largest absolute Gasteiger partial charge is 0.496 e. The summed E-state index contributed by atoms with van der Waals surface area (Å²) in [7, 11) is 1.60. The first kappa shape index (κ1) is 15.3. The van der Waals surface area contributed by atoms with Crippen molar-refractivity contribution >= 4 is 23.4 Å². The molecule has 2 rings (SSSR count). The smallest absolute Gasteiger partial charge is 0.301 e. The molecule has 0 saturated heterocycles. The Bertz CT molecular complexity index is 655. The van der Waals surface area contributed by atoms with Crippen LogP contribution in [0, 0.1) is 6.92 Å². The third-order valence-electron chi connectivity index (χ3n) is 2.86. The number of amides is 1. The van der Waals surface area contributed by atoms with Crippen LogP contribution in [0.25, 0.3) is 0 Å². The molecule has 5 N–H and O–H groups in total. The minimum absolute atomic E-state index is 0.234. The van der Waals surface area contributed by atoms with Gasteiger partial charge in [-0.05, 0) is 25.1 Å². The molecule has 1 aromatic heterocycles. The van der Waals surface area contributed by atoms with Crippen molar-refractivity contribution in [3.05, 3.63) is 41.3 Å². The lowest BCUT2D eigenvalue weighted by Gasteiger charge is -2.07. The Balaban J connectivity index is 2.12. The van der Waals surface area contributed by atoms with E-state index in [1.165, 1.54) is 11.8 Å². The van der Waals surface area contributed by atoms with E-state index in [0.29, 0.717) is 22.9 Å². The number of aryl methyl sites for hydroxylation is 1. The lowest BCUT2D eigenvalue weighted by Crippen LogP contribution is -2.30. The van der Waals surface area contributed by atoms with Gasteiger partial charge in [-0.1, -0.05) is 0 Å². The number of furan rings is 1. The number of hydrogen-bond acceptors (Lipinski definition) is 6. The molecule has 0 bridgehead atoms. The molecular formula is C14H17N3O3S. The molecule has 0 radical (unpaired) electrons. The van der Waals surface area contributed by atoms with Crippen LogP contribution in [-0.4, -0.2) is 13.0 Å². The summed E-state index contributed by atoms with van der Waals surface area (Å²) in [6.45, 7) is 1.80. The van der Waals surface area contributed by atoms with Crippen molar-refractivity contribution in [2.75, 3.05) is 12.8 Å². The molecule has 0 unspecified atom stereocenters. The highest BCUT2D eigenvalue weighted by molar-refractivity contribution is 7.98. The molecule has 112 valence electrons. The highest BCUT2D eigenvalue weighted by Gasteiger charge is 2.15. The second-order valence-electron chi connectivity index (χ2n) is 4.40. The zero-order valence-electron chi connectivity index (χ0n) is 11.8. The second-order valence-corrected chi connectivity index (χ2v) is 5.41. The number of thioether (sulfide) groups is 1. The number of methoxy groups -OCH3 is 1. The van der Waals surface area contributed by atoms with Crippen molar-refractivity contribution < 1.29 is 13.9 Å². The van der Waals surface area contributed by atoms with E-state index in [4.69, 9.17) is 20.7 Å². The van der Waals surface area contributed by atoms with Gasteiger partial charge in [0.1, 0.15) is 11.5 Å². The third kappa shape index (κ3) is 3.50. The molecule has 0 atom stereocenters. The van der Waals surface area contributed by atoms with E-state index in [9.17, 15) is 4.79 Å². The Kier molecular flexibility index (Phi) is 4.77. The van der Waals surface area contributed by atoms with Crippen LogP contribution in [0.15, 0.2) is 33.6 Å². The highest BCUT2D eigenvalue weighted by Crippen LogP contribution is 2.33. The number of nitrogen functional groups attached to an aromatic ring is 2. The van der Waals surface area contributed by atoms with E-state index in [0.717, 1.165) is 10.5 Å². The summed E-state index contributed by atoms with van der Waals surface area (Å²) in [5.41, 5.74) is 9.17. The van der Waals surface area contributed by atoms with E-state index in [1.54, 1.807) is 20.1 Å². The van der Waals surface area contributed by atoms with Gasteiger partial charge in [0.15, 0.2) is 5.76 Å². The first-order valence-corrected chi connectivity index (χ1v) is 7.20. The van der Waals surface area contributed by atoms with Crippen LogP contribution >= 0.6 is 11.8 Å². The van der Waals surface area contributed by atoms with Gasteiger partial charge in [-0.25, -0.2) is 5.84 Å². The van der Waals surface area contributed by atoms with Gasteiger partial charge in [-0.3, -0.25) is 10.2 Å². The highest BCUT2D eigenvalue weighted by atomic mass is 32.2. The Morgan fingerprint density at radius 1 is 1.43 bits per heavy atom. The number of carbonyl (C=O) groups is 1. The number of nitrogens with two attached hydrogens (primary N) is 2. The summed E-state index contributed by atoms with van der Waals surface area (Å²) in [6.07, 6.45) is 0. The fraction of sp³-hybridized carbons (Fsp3) is 0.214. The maximum Gasteiger partial charge on any atom is 0.301 e. The molecule has 21 heavy (non-hydrogen) atoms. The standard InChI is InChI=1S/C14H17N3O3S/c1-8-5-10(20-13(8)14(18)17-16)7-21-12-4-3-9(15)6-11(12)19-2/h3-6H,7,15-16H2,1-2H3,(H,17,18). The maximum atomic E-state index is 11.5. The monoisotopic (exact) mass is 307 g/mol. The molecule has 0 fully saturated rings. The molecule has 1 amide bonds. The number of hydrazine groups is 1. The number of nitrogens with one attached hydrogen (secondary N) is 1. The van der Waals surface area contributed by atoms with E-state index < -0.39 is 5.91 Å². The Morgan fingerprint density at radius 3 is 2.86 bits per heavy atom. The Morgan fingerprint density at radius 2 is 2.19 bits per heavy atom. The summed E-state index contributed by atoms with van der Waals surface area (Å²) >= 11 is 1.54. The summed E-state index contributed by atoms with van der Waals surface area (Å²) in [6, 6.07) is 7.29. The van der Waals surface area contributed by atoms with Gasteiger partial charge < -0.3 is 14.9 Å². The molecule has 0 spiro atoms. The second kappa shape index (κ2) is 6.55. The summed E-state index contributed by atoms with van der Waals surface area (Å²) in [5, 5.41) is 0. The van der Waals surface area contributed by atoms with Crippen LogP contribution in [0.5, 0.6) is 5.75 Å². The summed E-state index contributed by atoms with van der Waals surface area (Å²) in [5.74, 6) is 6.87. The average molecular weight is 307 g/mol. The average Bonchev–Trinajstić information content (AvgIpc) is 2.86. The van der Waals surface area contributed by atoms with E-state index in [-0.39, 0.29) is 5.76 Å². The van der Waals surface area contributed by atoms with Crippen molar-refractivity contribution in [3.63, 3.8) is 0 Å². The maximum absolute atomic E-state index is 11.5. The van der Waals surface area contributed by atoms with Gasteiger partial charge in [0.25, 0.3) is 0 Å². The first-order valence-electron chi connectivity index (χ1n) is 6.21. The SMILES string of the molecule is COc1cc(N)ccc1SCc1cc(C)c(C(=O)NN)o1. The fourth-order valence-electron chi connectivity index (χ4n) is 1.86. The van der Waals surface area contributed by atoms with E-state index in [1.807, 2.05) is 18.2 Å². The number of anilines is 1. The predicted molar refractivity (Wildman–Crippen MR) is 82.1 cm³/mol. The summed E-state index contributed by atoms with van der Waals surface area (Å²) < 4.78 is 10.8. The van der Waals surface area contributed by atoms with Crippen molar-refractivity contribution in [1.29, 1.82) is 0 Å². The number of benzene rings is 1. The van der Waals surface area contributed by atoms with Crippen LogP contribution in [0.4, 0.5) is 5.69 Å². The first-order chi connectivity index (χ1) is 10.0. The van der Waals surface area contributed by atoms with Gasteiger partial charge >= 0.3 is 5.91 Å². The minimum Gasteiger partial charge on any atom is -0.496 e. The van der Waals surface area contributed by atoms with Crippen LogP contribution < -0.4 is 21.7 Å². The van der Waals surface area contributed by atoms with Crippen molar-refractivity contribution in [1.82, 2.24) is 5.43 Å². The minimum atomic E-state index is -0.436. The topological polar surface area (TPSA) is 104 Å². The molecule has 2 aromatic rings. The molecule has 0 aliphatic rings. The molecule has 1 aromatic carbocycles. The van der Waals surface area contributed by atoms with Gasteiger partial charge in [-0.15, -0.1) is 11.8 Å². The van der Waals surface area contributed by atoms with Crippen LogP contribution in [-0.2, 0) is 5.75 Å². The Labute approximate surface area is 126 Å². The van der Waals surface area contributed by atoms with Crippen LogP contribution in [0.1, 0.15) is 21.9 Å². The Hall–Kier alpha value is -2.12. The molecule has 6 nitrogen and oxygen atoms in total. The quantitative estimate of drug-likeness (QED) is 0.257. The van der Waals surface area contributed by atoms with E-state index in [2.05, 4.69) is 5.43 Å². The third-order valence-corrected chi connectivity index (χ3v) is 3.94. The van der Waals surface area contributed by atoms with Gasteiger partial charge in [0.05, 0.1) is 12.9 Å². The fourth-order valence-corrected chi connectivity index (χ4v) is 2.75. The van der Waals surface area contributed by atoms with E-state index >= 15 is 0 Å². The zero-order chi connectivity index (χ0) is 15.4. The molecule has 0 aliphatic heterocycles. The molecule has 1 heterocycles. The predicted octanol–water partition coefficient (Wildman–Crippen LogP) is 2.07. The number of rotatable bonds is 5. The lowest BCUT2D eigenvalue weighted by atomic mass is 10.2. The molecule has 0 aliphatic carbocycles. The van der Waals surface area contributed by atoms with Crippen molar-refractivity contribution in [2.24, 2.45) is 5.84 Å². The molecule has 0 saturated carbocycles. The zero-order valence-corrected chi connectivity index (χ0v) is 12.6. The number of ether oxygens (including phenoxy) is 1. The molecule has 7 heteroatoms. The molecular weight excluding hydrogens is 290 g/mol. The van der Waals surface area contributed by atoms with Crippen LogP contribution in [0.3, 0.4) is 0 Å². The van der Waals surface area contributed by atoms with Crippen LogP contribution in [0.2, 0.25) is 0 Å². The lowest BCUT2D eigenvalue weighted by molar-refractivity contribution is 0.0923. The van der Waals surface area contributed by atoms with Gasteiger partial charge in [0.2, 0.25) is 0 Å². The number of hydrogen-bond donors (Lipinski definition) is 3. The summed E-state index contributed by atoms with van der Waals surface area (Å²) in [4.78, 5) is 12.4. The van der Waals surface area contributed by atoms with Gasteiger partial charge in [0, 0.05) is 22.2 Å².